The lowest BCUT2D eigenvalue weighted by Crippen LogP contribution is -2.23. The second-order valence-corrected chi connectivity index (χ2v) is 5.42. The summed E-state index contributed by atoms with van der Waals surface area (Å²) in [5.41, 5.74) is 5.55. The van der Waals surface area contributed by atoms with Crippen LogP contribution >= 0.6 is 11.8 Å². The molecule has 1 amide bonds. The lowest BCUT2D eigenvalue weighted by atomic mass is 10.2. The first-order chi connectivity index (χ1) is 11.0. The SMILES string of the molecule is C=CCSc1nc(N)c(NC(=O)c2ccc(OC)cc2)c(=O)[nH]1. The van der Waals surface area contributed by atoms with Crippen molar-refractivity contribution in [1.29, 1.82) is 0 Å². The molecule has 0 saturated heterocycles. The summed E-state index contributed by atoms with van der Waals surface area (Å²) in [6, 6.07) is 6.46. The van der Waals surface area contributed by atoms with E-state index in [1.165, 1.54) is 18.9 Å². The van der Waals surface area contributed by atoms with Crippen LogP contribution in [-0.4, -0.2) is 28.7 Å². The number of ether oxygens (including phenoxy) is 1. The molecule has 0 radical (unpaired) electrons. The maximum absolute atomic E-state index is 12.2. The smallest absolute Gasteiger partial charge is 0.277 e. The van der Waals surface area contributed by atoms with Crippen LogP contribution in [-0.2, 0) is 0 Å². The van der Waals surface area contributed by atoms with Gasteiger partial charge in [-0.1, -0.05) is 17.8 Å². The van der Waals surface area contributed by atoms with Crippen molar-refractivity contribution in [2.45, 2.75) is 5.16 Å². The van der Waals surface area contributed by atoms with Gasteiger partial charge in [0.1, 0.15) is 11.4 Å². The minimum atomic E-state index is -0.508. The molecule has 0 atom stereocenters. The van der Waals surface area contributed by atoms with Crippen molar-refractivity contribution in [2.24, 2.45) is 0 Å². The Balaban J connectivity index is 2.20. The summed E-state index contributed by atoms with van der Waals surface area (Å²) >= 11 is 1.29. The van der Waals surface area contributed by atoms with Gasteiger partial charge in [0.15, 0.2) is 11.0 Å². The lowest BCUT2D eigenvalue weighted by Gasteiger charge is -2.08. The number of aromatic nitrogens is 2. The molecule has 0 fully saturated rings. The first-order valence-corrected chi connectivity index (χ1v) is 7.62. The molecular formula is C15H16N4O3S. The highest BCUT2D eigenvalue weighted by atomic mass is 32.2. The molecule has 7 nitrogen and oxygen atoms in total. The first-order valence-electron chi connectivity index (χ1n) is 6.64. The first kappa shape index (κ1) is 16.6. The fourth-order valence-corrected chi connectivity index (χ4v) is 2.33. The van der Waals surface area contributed by atoms with E-state index >= 15 is 0 Å². The van der Waals surface area contributed by atoms with Crippen molar-refractivity contribution in [3.63, 3.8) is 0 Å². The molecular weight excluding hydrogens is 316 g/mol. The molecule has 120 valence electrons. The molecule has 2 rings (SSSR count). The number of nitrogens with one attached hydrogen (secondary N) is 2. The Labute approximate surface area is 137 Å². The van der Waals surface area contributed by atoms with Gasteiger partial charge in [-0.25, -0.2) is 4.98 Å². The fourth-order valence-electron chi connectivity index (χ4n) is 1.72. The number of carbonyl (C=O) groups is 1. The minimum Gasteiger partial charge on any atom is -0.497 e. The Bertz CT molecular complexity index is 771. The number of nitrogens with zero attached hydrogens (tertiary/aromatic N) is 1. The summed E-state index contributed by atoms with van der Waals surface area (Å²) in [5, 5.41) is 2.85. The van der Waals surface area contributed by atoms with Crippen molar-refractivity contribution in [3.8, 4) is 5.75 Å². The van der Waals surface area contributed by atoms with E-state index in [0.29, 0.717) is 22.2 Å². The Hall–Kier alpha value is -2.74. The lowest BCUT2D eigenvalue weighted by molar-refractivity contribution is 0.102. The van der Waals surface area contributed by atoms with Gasteiger partial charge in [-0.15, -0.1) is 6.58 Å². The van der Waals surface area contributed by atoms with Crippen LogP contribution < -0.4 is 21.3 Å². The highest BCUT2D eigenvalue weighted by Gasteiger charge is 2.14. The number of anilines is 2. The number of hydrogen-bond acceptors (Lipinski definition) is 6. The average Bonchev–Trinajstić information content (AvgIpc) is 2.56. The molecule has 0 unspecified atom stereocenters. The van der Waals surface area contributed by atoms with Crippen LogP contribution in [0.3, 0.4) is 0 Å². The molecule has 0 spiro atoms. The molecule has 0 saturated carbocycles. The van der Waals surface area contributed by atoms with Crippen LogP contribution in [0.15, 0.2) is 46.9 Å². The third kappa shape index (κ3) is 4.13. The summed E-state index contributed by atoms with van der Waals surface area (Å²) < 4.78 is 5.02. The third-order valence-electron chi connectivity index (χ3n) is 2.85. The number of carbonyl (C=O) groups excluding carboxylic acids is 1. The van der Waals surface area contributed by atoms with Gasteiger partial charge in [-0.05, 0) is 24.3 Å². The molecule has 2 aromatic rings. The van der Waals surface area contributed by atoms with Crippen molar-refractivity contribution >= 4 is 29.2 Å². The number of methoxy groups -OCH3 is 1. The Morgan fingerprint density at radius 3 is 2.74 bits per heavy atom. The van der Waals surface area contributed by atoms with Crippen molar-refractivity contribution in [1.82, 2.24) is 9.97 Å². The van der Waals surface area contributed by atoms with Crippen LogP contribution in [0.2, 0.25) is 0 Å². The molecule has 4 N–H and O–H groups in total. The van der Waals surface area contributed by atoms with Gasteiger partial charge in [-0.3, -0.25) is 14.6 Å². The predicted octanol–water partition coefficient (Wildman–Crippen LogP) is 1.89. The monoisotopic (exact) mass is 332 g/mol. The largest absolute Gasteiger partial charge is 0.497 e. The zero-order chi connectivity index (χ0) is 16.8. The molecule has 1 aromatic carbocycles. The van der Waals surface area contributed by atoms with Crippen molar-refractivity contribution in [3.05, 3.63) is 52.8 Å². The van der Waals surface area contributed by atoms with Crippen LogP contribution in [0, 0.1) is 0 Å². The van der Waals surface area contributed by atoms with Gasteiger partial charge in [-0.2, -0.15) is 0 Å². The van der Waals surface area contributed by atoms with Crippen LogP contribution in [0.25, 0.3) is 0 Å². The number of aromatic amines is 1. The summed E-state index contributed by atoms with van der Waals surface area (Å²) in [4.78, 5) is 30.8. The minimum absolute atomic E-state index is 0.0397. The Morgan fingerprint density at radius 1 is 1.48 bits per heavy atom. The summed E-state index contributed by atoms with van der Waals surface area (Å²) in [6.45, 7) is 3.59. The number of rotatable bonds is 6. The average molecular weight is 332 g/mol. The van der Waals surface area contributed by atoms with Crippen molar-refractivity contribution in [2.75, 3.05) is 23.9 Å². The van der Waals surface area contributed by atoms with E-state index in [4.69, 9.17) is 10.5 Å². The Morgan fingerprint density at radius 2 is 2.17 bits per heavy atom. The number of nitrogen functional groups attached to an aromatic ring is 1. The zero-order valence-electron chi connectivity index (χ0n) is 12.5. The molecule has 23 heavy (non-hydrogen) atoms. The van der Waals surface area contributed by atoms with Gasteiger partial charge in [0, 0.05) is 11.3 Å². The highest BCUT2D eigenvalue weighted by Crippen LogP contribution is 2.18. The predicted molar refractivity (Wildman–Crippen MR) is 91.1 cm³/mol. The van der Waals surface area contributed by atoms with E-state index in [-0.39, 0.29) is 11.5 Å². The molecule has 0 aliphatic carbocycles. The second kappa shape index (κ2) is 7.50. The number of hydrogen-bond donors (Lipinski definition) is 3. The fraction of sp³-hybridized carbons (Fsp3) is 0.133. The van der Waals surface area contributed by atoms with Gasteiger partial charge in [0.2, 0.25) is 0 Å². The normalized spacial score (nSPS) is 10.1. The van der Waals surface area contributed by atoms with Gasteiger partial charge in [0.25, 0.3) is 11.5 Å². The van der Waals surface area contributed by atoms with Gasteiger partial charge < -0.3 is 15.8 Å². The summed E-state index contributed by atoms with van der Waals surface area (Å²) in [7, 11) is 1.53. The number of nitrogens with two attached hydrogens (primary N) is 1. The van der Waals surface area contributed by atoms with E-state index in [1.54, 1.807) is 30.3 Å². The number of thioether (sulfide) groups is 1. The molecule has 0 bridgehead atoms. The van der Waals surface area contributed by atoms with E-state index in [1.807, 2.05) is 0 Å². The maximum Gasteiger partial charge on any atom is 0.277 e. The van der Waals surface area contributed by atoms with Gasteiger partial charge >= 0.3 is 0 Å². The highest BCUT2D eigenvalue weighted by molar-refractivity contribution is 7.99. The number of amides is 1. The molecule has 8 heteroatoms. The number of H-pyrrole nitrogens is 1. The van der Waals surface area contributed by atoms with Crippen LogP contribution in [0.5, 0.6) is 5.75 Å². The Kier molecular flexibility index (Phi) is 5.42. The third-order valence-corrected chi connectivity index (χ3v) is 3.72. The van der Waals surface area contributed by atoms with E-state index in [0.717, 1.165) is 0 Å². The quantitative estimate of drug-likeness (QED) is 0.423. The second-order valence-electron chi connectivity index (χ2n) is 4.41. The standard InChI is InChI=1S/C15H16N4O3S/c1-3-8-23-15-18-12(16)11(14(21)19-15)17-13(20)9-4-6-10(22-2)7-5-9/h3-7H,1,8H2,2H3,(H,17,20)(H3,16,18,19,21). The topological polar surface area (TPSA) is 110 Å². The zero-order valence-corrected chi connectivity index (χ0v) is 13.3. The molecule has 0 aliphatic rings. The summed E-state index contributed by atoms with van der Waals surface area (Å²) in [5.74, 6) is 0.712. The number of benzene rings is 1. The van der Waals surface area contributed by atoms with Gasteiger partial charge in [0.05, 0.1) is 7.11 Å². The van der Waals surface area contributed by atoms with E-state index < -0.39 is 11.5 Å². The molecule has 1 heterocycles. The van der Waals surface area contributed by atoms with Crippen molar-refractivity contribution < 1.29 is 9.53 Å². The summed E-state index contributed by atoms with van der Waals surface area (Å²) in [6.07, 6.45) is 1.68. The molecule has 1 aromatic heterocycles. The van der Waals surface area contributed by atoms with E-state index in [2.05, 4.69) is 21.9 Å². The molecule has 0 aliphatic heterocycles. The van der Waals surface area contributed by atoms with Crippen LogP contribution in [0.1, 0.15) is 10.4 Å². The maximum atomic E-state index is 12.2. The van der Waals surface area contributed by atoms with Crippen LogP contribution in [0.4, 0.5) is 11.5 Å². The van der Waals surface area contributed by atoms with E-state index in [9.17, 15) is 9.59 Å².